The van der Waals surface area contributed by atoms with E-state index in [1.807, 2.05) is 30.3 Å². The summed E-state index contributed by atoms with van der Waals surface area (Å²) < 4.78 is 51.1. The van der Waals surface area contributed by atoms with E-state index in [1.165, 1.54) is 14.2 Å². The molecule has 156 valence electrons. The zero-order valence-corrected chi connectivity index (χ0v) is 16.2. The second kappa shape index (κ2) is 8.73. The van der Waals surface area contributed by atoms with Gasteiger partial charge in [0, 0.05) is 43.5 Å². The van der Waals surface area contributed by atoms with Gasteiger partial charge in [-0.3, -0.25) is 9.69 Å². The number of hydrogen-bond donors (Lipinski definition) is 1. The lowest BCUT2D eigenvalue weighted by atomic mass is 9.94. The van der Waals surface area contributed by atoms with E-state index in [9.17, 15) is 18.0 Å². The zero-order chi connectivity index (χ0) is 21.0. The molecule has 0 radical (unpaired) electrons. The van der Waals surface area contributed by atoms with E-state index in [1.54, 1.807) is 23.1 Å². The van der Waals surface area contributed by atoms with Crippen LogP contribution in [-0.2, 0) is 11.3 Å². The Morgan fingerprint density at radius 1 is 1.07 bits per heavy atom. The number of amides is 1. The number of alkyl halides is 3. The molecule has 1 heterocycles. The summed E-state index contributed by atoms with van der Waals surface area (Å²) in [6.07, 6.45) is -4.46. The van der Waals surface area contributed by atoms with Gasteiger partial charge in [0.1, 0.15) is 11.5 Å². The van der Waals surface area contributed by atoms with E-state index in [4.69, 9.17) is 9.47 Å². The number of methoxy groups -OCH3 is 2. The summed E-state index contributed by atoms with van der Waals surface area (Å²) in [5.41, 5.74) is 1.24. The summed E-state index contributed by atoms with van der Waals surface area (Å²) in [4.78, 5) is 14.4. The standard InChI is InChI=1S/C21H23F3N2O3/c1-28-16-8-15(9-17(10-16)29-2)25-20(27)18-12-26(13-19(18)21(22,23)24)11-14-6-4-3-5-7-14/h3-10,18-19H,11-13H2,1-2H3,(H,25,27)/t18-,19-/m1/s1. The Balaban J connectivity index is 1.76. The van der Waals surface area contributed by atoms with Crippen molar-refractivity contribution in [3.8, 4) is 11.5 Å². The lowest BCUT2D eigenvalue weighted by Crippen LogP contribution is -2.36. The van der Waals surface area contributed by atoms with E-state index in [0.717, 1.165) is 5.56 Å². The predicted molar refractivity (Wildman–Crippen MR) is 103 cm³/mol. The molecule has 3 rings (SSSR count). The maximum atomic E-state index is 13.6. The molecular weight excluding hydrogens is 385 g/mol. The van der Waals surface area contributed by atoms with Crippen LogP contribution in [0.1, 0.15) is 5.56 Å². The smallest absolute Gasteiger partial charge is 0.393 e. The van der Waals surface area contributed by atoms with Crippen LogP contribution in [0.3, 0.4) is 0 Å². The Bertz CT molecular complexity index is 821. The fourth-order valence-electron chi connectivity index (χ4n) is 3.57. The van der Waals surface area contributed by atoms with Crippen molar-refractivity contribution in [2.45, 2.75) is 12.7 Å². The van der Waals surface area contributed by atoms with Crippen LogP contribution in [0.2, 0.25) is 0 Å². The van der Waals surface area contributed by atoms with Crippen LogP contribution in [0.25, 0.3) is 0 Å². The molecule has 2 aromatic carbocycles. The molecule has 0 spiro atoms. The second-order valence-corrected chi connectivity index (χ2v) is 7.02. The van der Waals surface area contributed by atoms with Crippen molar-refractivity contribution in [1.82, 2.24) is 4.90 Å². The maximum Gasteiger partial charge on any atom is 0.393 e. The van der Waals surface area contributed by atoms with Crippen LogP contribution < -0.4 is 14.8 Å². The summed E-state index contributed by atoms with van der Waals surface area (Å²) >= 11 is 0. The molecule has 1 saturated heterocycles. The number of hydrogen-bond acceptors (Lipinski definition) is 4. The molecule has 2 aromatic rings. The summed E-state index contributed by atoms with van der Waals surface area (Å²) in [7, 11) is 2.91. The quantitative estimate of drug-likeness (QED) is 0.786. The Labute approximate surface area is 167 Å². The molecule has 1 aliphatic rings. The fraction of sp³-hybridized carbons (Fsp3) is 0.381. The molecule has 5 nitrogen and oxygen atoms in total. The molecule has 0 aromatic heterocycles. The molecule has 1 aliphatic heterocycles. The summed E-state index contributed by atoms with van der Waals surface area (Å²) in [5.74, 6) is -2.72. The summed E-state index contributed by atoms with van der Waals surface area (Å²) in [6, 6.07) is 14.0. The first-order valence-corrected chi connectivity index (χ1v) is 9.17. The minimum absolute atomic E-state index is 0.0337. The Kier molecular flexibility index (Phi) is 6.32. The highest BCUT2D eigenvalue weighted by Gasteiger charge is 2.52. The first-order valence-electron chi connectivity index (χ1n) is 9.17. The van der Waals surface area contributed by atoms with Gasteiger partial charge in [0.25, 0.3) is 0 Å². The SMILES string of the molecule is COc1cc(NC(=O)[C@@H]2CN(Cc3ccccc3)C[C@H]2C(F)(F)F)cc(OC)c1. The van der Waals surface area contributed by atoms with Crippen molar-refractivity contribution in [3.05, 3.63) is 54.1 Å². The monoisotopic (exact) mass is 408 g/mol. The largest absolute Gasteiger partial charge is 0.497 e. The van der Waals surface area contributed by atoms with Crippen molar-refractivity contribution < 1.29 is 27.4 Å². The number of likely N-dealkylation sites (tertiary alicyclic amines) is 1. The number of nitrogens with zero attached hydrogens (tertiary/aromatic N) is 1. The molecule has 1 N–H and O–H groups in total. The minimum atomic E-state index is -4.46. The van der Waals surface area contributed by atoms with Gasteiger partial charge in [0.15, 0.2) is 0 Å². The van der Waals surface area contributed by atoms with Crippen molar-refractivity contribution in [1.29, 1.82) is 0 Å². The van der Waals surface area contributed by atoms with Crippen LogP contribution >= 0.6 is 0 Å². The van der Waals surface area contributed by atoms with Crippen LogP contribution in [-0.4, -0.2) is 44.3 Å². The van der Waals surface area contributed by atoms with Crippen LogP contribution in [0.5, 0.6) is 11.5 Å². The average Bonchev–Trinajstić information content (AvgIpc) is 3.13. The predicted octanol–water partition coefficient (Wildman–Crippen LogP) is 3.95. The number of benzene rings is 2. The Morgan fingerprint density at radius 2 is 1.69 bits per heavy atom. The van der Waals surface area contributed by atoms with E-state index >= 15 is 0 Å². The highest BCUT2D eigenvalue weighted by Crippen LogP contribution is 2.39. The van der Waals surface area contributed by atoms with Crippen molar-refractivity contribution >= 4 is 11.6 Å². The third kappa shape index (κ3) is 5.20. The number of halogens is 3. The van der Waals surface area contributed by atoms with Gasteiger partial charge in [-0.15, -0.1) is 0 Å². The molecule has 1 amide bonds. The van der Waals surface area contributed by atoms with Crippen molar-refractivity contribution in [2.75, 3.05) is 32.6 Å². The number of carbonyl (C=O) groups is 1. The van der Waals surface area contributed by atoms with E-state index < -0.39 is 23.9 Å². The number of anilines is 1. The maximum absolute atomic E-state index is 13.6. The van der Waals surface area contributed by atoms with Gasteiger partial charge in [-0.1, -0.05) is 30.3 Å². The molecule has 2 atom stereocenters. The van der Waals surface area contributed by atoms with Crippen LogP contribution in [0, 0.1) is 11.8 Å². The molecular formula is C21H23F3N2O3. The van der Waals surface area contributed by atoms with Gasteiger partial charge in [-0.2, -0.15) is 13.2 Å². The molecule has 0 unspecified atom stereocenters. The Morgan fingerprint density at radius 3 is 2.24 bits per heavy atom. The molecule has 29 heavy (non-hydrogen) atoms. The highest BCUT2D eigenvalue weighted by molar-refractivity contribution is 5.93. The van der Waals surface area contributed by atoms with Gasteiger partial charge >= 0.3 is 6.18 Å². The molecule has 0 bridgehead atoms. The third-order valence-electron chi connectivity index (χ3n) is 5.02. The number of carbonyl (C=O) groups excluding carboxylic acids is 1. The van der Waals surface area contributed by atoms with Crippen LogP contribution in [0.15, 0.2) is 48.5 Å². The van der Waals surface area contributed by atoms with Gasteiger partial charge in [-0.25, -0.2) is 0 Å². The zero-order valence-electron chi connectivity index (χ0n) is 16.2. The lowest BCUT2D eigenvalue weighted by Gasteiger charge is -2.21. The highest BCUT2D eigenvalue weighted by atomic mass is 19.4. The second-order valence-electron chi connectivity index (χ2n) is 7.02. The molecule has 0 saturated carbocycles. The van der Waals surface area contributed by atoms with Gasteiger partial charge < -0.3 is 14.8 Å². The lowest BCUT2D eigenvalue weighted by molar-refractivity contribution is -0.182. The van der Waals surface area contributed by atoms with Gasteiger partial charge in [0.05, 0.1) is 26.1 Å². The van der Waals surface area contributed by atoms with E-state index in [2.05, 4.69) is 5.32 Å². The first kappa shape index (κ1) is 21.0. The fourth-order valence-corrected chi connectivity index (χ4v) is 3.57. The Hall–Kier alpha value is -2.74. The molecule has 1 fully saturated rings. The van der Waals surface area contributed by atoms with E-state index in [0.29, 0.717) is 23.7 Å². The van der Waals surface area contributed by atoms with Gasteiger partial charge in [0.2, 0.25) is 5.91 Å². The minimum Gasteiger partial charge on any atom is -0.497 e. The topological polar surface area (TPSA) is 50.8 Å². The molecule has 8 heteroatoms. The number of nitrogens with one attached hydrogen (secondary N) is 1. The van der Waals surface area contributed by atoms with Crippen LogP contribution in [0.4, 0.5) is 18.9 Å². The summed E-state index contributed by atoms with van der Waals surface area (Å²) in [5, 5.41) is 2.59. The van der Waals surface area contributed by atoms with Crippen molar-refractivity contribution in [2.24, 2.45) is 11.8 Å². The average molecular weight is 408 g/mol. The first-order chi connectivity index (χ1) is 13.8. The third-order valence-corrected chi connectivity index (χ3v) is 5.02. The molecule has 0 aliphatic carbocycles. The number of rotatable bonds is 6. The summed E-state index contributed by atoms with van der Waals surface area (Å²) in [6.45, 7) is 0.189. The van der Waals surface area contributed by atoms with Crippen molar-refractivity contribution in [3.63, 3.8) is 0 Å². The van der Waals surface area contributed by atoms with E-state index in [-0.39, 0.29) is 13.1 Å². The number of ether oxygens (including phenoxy) is 2. The normalized spacial score (nSPS) is 19.8. The van der Waals surface area contributed by atoms with Gasteiger partial charge in [-0.05, 0) is 5.56 Å².